The maximum atomic E-state index is 13.4. The first-order chi connectivity index (χ1) is 18.6. The van der Waals surface area contributed by atoms with Crippen LogP contribution in [0.5, 0.6) is 0 Å². The third-order valence-electron chi connectivity index (χ3n) is 12.7. The molecule has 5 heteroatoms. The number of carbonyl (C=O) groups is 1. The molecular weight excluding hydrogens is 504 g/mol. The van der Waals surface area contributed by atoms with Gasteiger partial charge in [-0.1, -0.05) is 39.0 Å². The molecule has 1 N–H and O–H groups in total. The van der Waals surface area contributed by atoms with Gasteiger partial charge >= 0.3 is 0 Å². The average molecular weight is 547 g/mol. The molecule has 208 valence electrons. The zero-order valence-corrected chi connectivity index (χ0v) is 24.4. The van der Waals surface area contributed by atoms with Gasteiger partial charge in [0.15, 0.2) is 0 Å². The van der Waals surface area contributed by atoms with Crippen LogP contribution in [0.4, 0.5) is 0 Å². The van der Waals surface area contributed by atoms with Crippen molar-refractivity contribution >= 4 is 17.1 Å². The first kappa shape index (κ1) is 25.2. The van der Waals surface area contributed by atoms with Crippen molar-refractivity contribution in [3.8, 4) is 11.1 Å². The van der Waals surface area contributed by atoms with E-state index in [0.717, 1.165) is 57.8 Å². The van der Waals surface area contributed by atoms with Crippen molar-refractivity contribution in [2.75, 3.05) is 6.61 Å². The van der Waals surface area contributed by atoms with Crippen LogP contribution in [0.1, 0.15) is 95.6 Å². The highest BCUT2D eigenvalue weighted by Gasteiger charge is 2.72. The lowest BCUT2D eigenvalue weighted by Gasteiger charge is -2.70. The predicted octanol–water partition coefficient (Wildman–Crippen LogP) is 7.49. The second-order valence-electron chi connectivity index (χ2n) is 15.4. The van der Waals surface area contributed by atoms with Gasteiger partial charge in [0.2, 0.25) is 0 Å². The van der Waals surface area contributed by atoms with E-state index < -0.39 is 11.2 Å². The summed E-state index contributed by atoms with van der Waals surface area (Å²) >= 11 is 1.74. The van der Waals surface area contributed by atoms with Gasteiger partial charge in [0.05, 0.1) is 12.2 Å². The summed E-state index contributed by atoms with van der Waals surface area (Å²) < 4.78 is 0. The number of fused-ring (bicyclic) bond motifs is 4. The number of ketones is 1. The summed E-state index contributed by atoms with van der Waals surface area (Å²) in [5.74, 6) is 2.22. The summed E-state index contributed by atoms with van der Waals surface area (Å²) in [7, 11) is 0. The molecule has 5 aliphatic carbocycles. The monoisotopic (exact) mass is 546 g/mol. The maximum absolute atomic E-state index is 13.4. The highest BCUT2D eigenvalue weighted by atomic mass is 32.1. The molecule has 4 saturated carbocycles. The number of hydrogen-bond acceptors (Lipinski definition) is 5. The molecule has 2 aromatic rings. The summed E-state index contributed by atoms with van der Waals surface area (Å²) in [5, 5.41) is 17.3. The van der Waals surface area contributed by atoms with Crippen LogP contribution in [-0.4, -0.2) is 28.7 Å². The second kappa shape index (κ2) is 8.06. The molecule has 39 heavy (non-hydrogen) atoms. The van der Waals surface area contributed by atoms with Crippen molar-refractivity contribution in [1.29, 1.82) is 0 Å². The normalized spacial score (nSPS) is 45.8. The van der Waals surface area contributed by atoms with Crippen LogP contribution in [0.3, 0.4) is 0 Å². The predicted molar refractivity (Wildman–Crippen MR) is 152 cm³/mol. The molecule has 1 aromatic heterocycles. The summed E-state index contributed by atoms with van der Waals surface area (Å²) in [5.41, 5.74) is 3.87. The van der Waals surface area contributed by atoms with E-state index in [1.54, 1.807) is 11.3 Å². The van der Waals surface area contributed by atoms with Gasteiger partial charge < -0.3 is 5.11 Å². The molecule has 2 heterocycles. The molecule has 0 bridgehead atoms. The number of hydrogen-bond donors (Lipinski definition) is 1. The van der Waals surface area contributed by atoms with Crippen molar-refractivity contribution < 1.29 is 19.7 Å². The highest BCUT2D eigenvalue weighted by Crippen LogP contribution is 2.74. The Kier molecular flexibility index (Phi) is 5.21. The minimum absolute atomic E-state index is 0.0459. The number of Topliss-reactive ketones (excluding diaryl/α,β-unsaturated/α-hetero) is 1. The van der Waals surface area contributed by atoms with E-state index in [1.807, 2.05) is 0 Å². The van der Waals surface area contributed by atoms with E-state index >= 15 is 0 Å². The van der Waals surface area contributed by atoms with Crippen LogP contribution >= 0.6 is 11.3 Å². The molecule has 6 aliphatic rings. The first-order valence-electron chi connectivity index (χ1n) is 15.3. The Bertz CT molecular complexity index is 1330. The van der Waals surface area contributed by atoms with Crippen LogP contribution in [0, 0.1) is 34.0 Å². The molecule has 1 aliphatic heterocycles. The second-order valence-corrected chi connectivity index (χ2v) is 16.1. The maximum Gasteiger partial charge on any atom is 0.139 e. The van der Waals surface area contributed by atoms with Crippen molar-refractivity contribution in [2.24, 2.45) is 34.0 Å². The van der Waals surface area contributed by atoms with Gasteiger partial charge in [-0.25, -0.2) is 9.78 Å². The number of carbonyl (C=O) groups excluding carboxylic acids is 1. The zero-order chi connectivity index (χ0) is 26.8. The Balaban J connectivity index is 1.27. The summed E-state index contributed by atoms with van der Waals surface area (Å²) in [4.78, 5) is 25.3. The van der Waals surface area contributed by atoms with E-state index in [4.69, 9.17) is 9.78 Å². The Labute approximate surface area is 236 Å². The molecule has 1 saturated heterocycles. The number of aliphatic hydroxyl groups is 1. The fraction of sp³-hybridized carbons (Fsp3) is 0.676. The molecule has 4 nitrogen and oxygen atoms in total. The zero-order valence-electron chi connectivity index (χ0n) is 23.6. The molecule has 1 unspecified atom stereocenters. The van der Waals surface area contributed by atoms with Gasteiger partial charge in [0.1, 0.15) is 11.4 Å². The third kappa shape index (κ3) is 3.37. The largest absolute Gasteiger partial charge is 0.389 e. The fourth-order valence-electron chi connectivity index (χ4n) is 11.3. The minimum atomic E-state index is -0.784. The molecule has 0 amide bonds. The van der Waals surface area contributed by atoms with E-state index in [2.05, 4.69) is 55.8 Å². The van der Waals surface area contributed by atoms with Crippen molar-refractivity contribution in [1.82, 2.24) is 0 Å². The molecule has 5 fully saturated rings. The van der Waals surface area contributed by atoms with E-state index in [-0.39, 0.29) is 16.2 Å². The minimum Gasteiger partial charge on any atom is -0.389 e. The lowest BCUT2D eigenvalue weighted by Crippen LogP contribution is -2.70. The number of benzene rings is 1. The average Bonchev–Trinajstić information content (AvgIpc) is 3.52. The van der Waals surface area contributed by atoms with Crippen LogP contribution in [0.2, 0.25) is 0 Å². The Morgan fingerprint density at radius 2 is 1.90 bits per heavy atom. The van der Waals surface area contributed by atoms with Crippen molar-refractivity contribution in [2.45, 2.75) is 102 Å². The smallest absolute Gasteiger partial charge is 0.139 e. The van der Waals surface area contributed by atoms with Crippen LogP contribution in [0.15, 0.2) is 35.0 Å². The lowest BCUT2D eigenvalue weighted by atomic mass is 9.36. The van der Waals surface area contributed by atoms with Crippen LogP contribution in [0.25, 0.3) is 11.1 Å². The fourth-order valence-corrected chi connectivity index (χ4v) is 12.0. The molecule has 2 spiro atoms. The molecule has 8 rings (SSSR count). The quantitative estimate of drug-likeness (QED) is 0.377. The van der Waals surface area contributed by atoms with Crippen LogP contribution in [-0.2, 0) is 21.0 Å². The highest BCUT2D eigenvalue weighted by molar-refractivity contribution is 7.08. The Morgan fingerprint density at radius 3 is 2.69 bits per heavy atom. The molecule has 8 atom stereocenters. The van der Waals surface area contributed by atoms with Gasteiger partial charge in [0.25, 0.3) is 0 Å². The lowest BCUT2D eigenvalue weighted by molar-refractivity contribution is -0.425. The van der Waals surface area contributed by atoms with Gasteiger partial charge in [0, 0.05) is 23.7 Å². The van der Waals surface area contributed by atoms with Gasteiger partial charge in [-0.05, 0) is 120 Å². The summed E-state index contributed by atoms with van der Waals surface area (Å²) in [6, 6.07) is 9.32. The molecular formula is C34H42O4S. The Morgan fingerprint density at radius 1 is 1.03 bits per heavy atom. The van der Waals surface area contributed by atoms with Crippen molar-refractivity contribution in [3.63, 3.8) is 0 Å². The van der Waals surface area contributed by atoms with Gasteiger partial charge in [-0.2, -0.15) is 11.3 Å². The number of thiophene rings is 1. The standard InChI is InChI=1S/C34H42O4S/c1-30(2)18-32(38-37-20-30)11-12-33-15-23-14-21(22-9-13-39-17-22)4-5-24(23)26-16-31(3)27(6-7-28(31)35)25(29(26)33)8-10-34(33,36)19-32/h4-5,9,13-14,17,25-27,29,36H,6-8,10-12,15-16,18-20H2,1-3H3/t25-,26+,27-,29+,31-,32?,33-,34+/m0/s1. The van der Waals surface area contributed by atoms with E-state index in [9.17, 15) is 9.90 Å². The topological polar surface area (TPSA) is 55.8 Å². The number of rotatable bonds is 1. The van der Waals surface area contributed by atoms with Crippen molar-refractivity contribution in [3.05, 3.63) is 46.2 Å². The SMILES string of the molecule is CC1(C)COOC2(CC[C@@]34Cc5cc(-c6ccsc6)ccc5[C@H]5C[C@]6(C)C(=O)CC[C@H]6[C@H](CC[C@@]3(O)C2)[C@H]54)C1. The van der Waals surface area contributed by atoms with Crippen LogP contribution < -0.4 is 0 Å². The van der Waals surface area contributed by atoms with Gasteiger partial charge in [-0.3, -0.25) is 4.79 Å². The van der Waals surface area contributed by atoms with Gasteiger partial charge in [-0.15, -0.1) is 0 Å². The summed E-state index contributed by atoms with van der Waals surface area (Å²) in [6.45, 7) is 7.43. The summed E-state index contributed by atoms with van der Waals surface area (Å²) in [6.07, 6.45) is 9.00. The molecule has 0 radical (unpaired) electrons. The van der Waals surface area contributed by atoms with E-state index in [1.165, 1.54) is 22.3 Å². The van der Waals surface area contributed by atoms with E-state index in [0.29, 0.717) is 42.5 Å². The first-order valence-corrected chi connectivity index (χ1v) is 16.2. The molecule has 1 aromatic carbocycles. The third-order valence-corrected chi connectivity index (χ3v) is 13.4. The Hall–Kier alpha value is -1.53.